The maximum atomic E-state index is 13.7. The van der Waals surface area contributed by atoms with Crippen molar-refractivity contribution in [1.29, 1.82) is 0 Å². The summed E-state index contributed by atoms with van der Waals surface area (Å²) in [4.78, 5) is 8.57. The third kappa shape index (κ3) is 15.0. The molecule has 6 aromatic rings. The number of fused-ring (bicyclic) bond motifs is 4. The number of hydrogen-bond acceptors (Lipinski definition) is 5. The zero-order valence-electron chi connectivity index (χ0n) is 47.3. The average molecular weight is 1020 g/mol. The van der Waals surface area contributed by atoms with E-state index in [1.807, 2.05) is 31.1 Å². The number of rotatable bonds is 0. The van der Waals surface area contributed by atoms with E-state index in [2.05, 4.69) is 249 Å². The van der Waals surface area contributed by atoms with E-state index in [0.717, 1.165) is 22.0 Å². The Morgan fingerprint density at radius 3 is 1.47 bits per heavy atom. The molecule has 0 saturated heterocycles. The topological polar surface area (TPSA) is 9.72 Å². The summed E-state index contributed by atoms with van der Waals surface area (Å²) in [5, 5.41) is 6.69. The molecule has 0 unspecified atom stereocenters. The van der Waals surface area contributed by atoms with Gasteiger partial charge in [0.2, 0.25) is 0 Å². The van der Waals surface area contributed by atoms with Gasteiger partial charge in [-0.15, -0.1) is 22.7 Å². The predicted molar refractivity (Wildman–Crippen MR) is 328 cm³/mol. The fraction of sp³-hybridized carbons (Fsp3) is 0.373. The van der Waals surface area contributed by atoms with Crippen molar-refractivity contribution >= 4 is 68.5 Å². The quantitative estimate of drug-likeness (QED) is 0.150. The van der Waals surface area contributed by atoms with E-state index < -0.39 is 0 Å². The summed E-state index contributed by atoms with van der Waals surface area (Å²) in [6.45, 7) is 53.9. The van der Waals surface area contributed by atoms with Gasteiger partial charge in [-0.3, -0.25) is 0 Å². The van der Waals surface area contributed by atoms with Crippen molar-refractivity contribution in [2.75, 3.05) is 0 Å². The molecule has 0 N–H and O–H groups in total. The smallest absolute Gasteiger partial charge is 0.148 e. The van der Waals surface area contributed by atoms with Crippen molar-refractivity contribution < 1.29 is 4.39 Å². The van der Waals surface area contributed by atoms with Crippen LogP contribution in [0.4, 0.5) is 4.39 Å². The van der Waals surface area contributed by atoms with Gasteiger partial charge in [0, 0.05) is 52.0 Å². The molecule has 0 aliphatic carbocycles. The first kappa shape index (κ1) is 59.9. The van der Waals surface area contributed by atoms with Gasteiger partial charge in [0.25, 0.3) is 0 Å². The van der Waals surface area contributed by atoms with Gasteiger partial charge < -0.3 is 14.7 Å². The van der Waals surface area contributed by atoms with Crippen molar-refractivity contribution in [3.63, 3.8) is 0 Å². The second-order valence-electron chi connectivity index (χ2n) is 24.4. The van der Waals surface area contributed by atoms with Crippen LogP contribution in [0.3, 0.4) is 0 Å². The average Bonchev–Trinajstić information content (AvgIpc) is 3.96. The molecule has 0 fully saturated rings. The second kappa shape index (κ2) is 23.2. The Balaban J connectivity index is 0.000000198. The highest BCUT2D eigenvalue weighted by molar-refractivity contribution is 7.11. The maximum absolute atomic E-state index is 13.7. The minimum atomic E-state index is -0.173. The van der Waals surface area contributed by atoms with Gasteiger partial charge in [-0.2, -0.15) is 0 Å². The van der Waals surface area contributed by atoms with Gasteiger partial charge in [-0.05, 0) is 180 Å². The van der Waals surface area contributed by atoms with Gasteiger partial charge in [-0.25, -0.2) is 4.39 Å². The standard InChI is InChI=1S/C15H19N.C15H18.C12H14FNS.C12H15NS.C12H18.CH4/c1-11-6-7-14-12(2)16(15(3,4)5)9-8-13(14)10-11;1-11-9-12-7-5-6-8-13(12)10-14(11)15(2,3)4;1-8-11-9(5-6-15-11)10(13)7-14(8)12(2,3)4;1-9-11-10(6-8-14-11)5-7-13(9)12(2,3)4;1-9-6-7-11(10(2)8-9)12(3,4)5;/h6-10H,2H2,1,3-5H3;5-10H,1-4H3;5-7H,1H2,2-4H3;5-8H,1H2,2-4H3;6-8H,1-5H3;1H4. The van der Waals surface area contributed by atoms with Crippen LogP contribution in [-0.4, -0.2) is 31.3 Å². The number of thiophene rings is 2. The fourth-order valence-electron chi connectivity index (χ4n) is 9.26. The normalized spacial score (nSPS) is 14.2. The van der Waals surface area contributed by atoms with E-state index in [-0.39, 0.29) is 40.7 Å². The molecule has 0 bridgehead atoms. The van der Waals surface area contributed by atoms with Crippen molar-refractivity contribution in [2.24, 2.45) is 0 Å². The Morgan fingerprint density at radius 1 is 0.452 bits per heavy atom. The van der Waals surface area contributed by atoms with Crippen LogP contribution >= 0.6 is 22.7 Å². The lowest BCUT2D eigenvalue weighted by Crippen LogP contribution is -2.36. The number of hydrogen-bond donors (Lipinski definition) is 0. The monoisotopic (exact) mass is 1020 g/mol. The largest absolute Gasteiger partial charge is 0.343 e. The Morgan fingerprint density at radius 2 is 0.918 bits per heavy atom. The maximum Gasteiger partial charge on any atom is 0.148 e. The van der Waals surface area contributed by atoms with E-state index in [1.165, 1.54) is 83.3 Å². The number of halogens is 1. The molecule has 0 radical (unpaired) electrons. The molecule has 5 heterocycles. The summed E-state index contributed by atoms with van der Waals surface area (Å²) in [7, 11) is 0. The molecule has 3 aliphatic rings. The van der Waals surface area contributed by atoms with Gasteiger partial charge in [0.1, 0.15) is 5.83 Å². The van der Waals surface area contributed by atoms with Gasteiger partial charge in [0.05, 0.1) is 21.1 Å². The molecular weight excluding hydrogens is 930 g/mol. The highest BCUT2D eigenvalue weighted by Gasteiger charge is 2.30. The minimum absolute atomic E-state index is 0. The molecule has 6 heteroatoms. The molecule has 390 valence electrons. The van der Waals surface area contributed by atoms with Crippen LogP contribution in [0.25, 0.3) is 45.8 Å². The molecule has 73 heavy (non-hydrogen) atoms. The minimum Gasteiger partial charge on any atom is -0.343 e. The van der Waals surface area contributed by atoms with Gasteiger partial charge >= 0.3 is 0 Å². The van der Waals surface area contributed by atoms with Gasteiger partial charge in [-0.1, -0.05) is 153 Å². The van der Waals surface area contributed by atoms with Crippen molar-refractivity contribution in [3.05, 3.63) is 199 Å². The summed E-state index contributed by atoms with van der Waals surface area (Å²) in [5.74, 6) is -0.173. The third-order valence-corrected chi connectivity index (χ3v) is 14.8. The van der Waals surface area contributed by atoms with Crippen LogP contribution in [0, 0.1) is 27.7 Å². The van der Waals surface area contributed by atoms with Crippen LogP contribution in [0.2, 0.25) is 0 Å². The zero-order valence-corrected chi connectivity index (χ0v) is 48.9. The van der Waals surface area contributed by atoms with E-state index in [9.17, 15) is 4.39 Å². The molecule has 0 spiro atoms. The Kier molecular flexibility index (Phi) is 19.1. The molecule has 2 aromatic heterocycles. The first-order valence-electron chi connectivity index (χ1n) is 25.2. The summed E-state index contributed by atoms with van der Waals surface area (Å²) >= 11 is 3.30. The van der Waals surface area contributed by atoms with Crippen molar-refractivity contribution in [2.45, 2.75) is 166 Å². The zero-order chi connectivity index (χ0) is 53.9. The highest BCUT2D eigenvalue weighted by Crippen LogP contribution is 2.41. The highest BCUT2D eigenvalue weighted by atomic mass is 32.1. The molecular formula is C67H88FN3S2. The predicted octanol–water partition coefficient (Wildman–Crippen LogP) is 20.6. The van der Waals surface area contributed by atoms with E-state index in [4.69, 9.17) is 0 Å². The fourth-order valence-corrected chi connectivity index (χ4v) is 11.0. The summed E-state index contributed by atoms with van der Waals surface area (Å²) in [6, 6.07) is 30.3. The summed E-state index contributed by atoms with van der Waals surface area (Å²) in [5.41, 5.74) is 16.4. The van der Waals surface area contributed by atoms with Crippen LogP contribution in [0.5, 0.6) is 0 Å². The third-order valence-electron chi connectivity index (χ3n) is 12.8. The number of aryl methyl sites for hydroxylation is 4. The molecule has 0 atom stereocenters. The lowest BCUT2D eigenvalue weighted by Gasteiger charge is -2.38. The van der Waals surface area contributed by atoms with Crippen LogP contribution in [0.15, 0.2) is 134 Å². The molecule has 3 aliphatic heterocycles. The lowest BCUT2D eigenvalue weighted by atomic mass is 9.83. The molecule has 3 nitrogen and oxygen atoms in total. The first-order chi connectivity index (χ1) is 33.2. The molecule has 4 aromatic carbocycles. The Bertz CT molecular complexity index is 3000. The molecule has 9 rings (SSSR count). The van der Waals surface area contributed by atoms with Crippen LogP contribution < -0.4 is 0 Å². The van der Waals surface area contributed by atoms with E-state index in [0.29, 0.717) is 5.56 Å². The van der Waals surface area contributed by atoms with Crippen LogP contribution in [0.1, 0.15) is 177 Å². The van der Waals surface area contributed by atoms with Crippen molar-refractivity contribution in [1.82, 2.24) is 14.7 Å². The SMILES string of the molecule is C.C=C1c2ccc(C)cc2C=CN1C(C)(C)C.C=C1c2sccc2C(F)=CN1C(C)(C)C.C=C1c2sccc2C=CN1C(C)(C)C.Cc1cc2ccccc2cc1C(C)(C)C.Cc1ccc(C(C)(C)C)c(C)c1. The second-order valence-corrected chi connectivity index (χ2v) is 26.2. The van der Waals surface area contributed by atoms with Crippen LogP contribution in [-0.2, 0) is 10.8 Å². The molecule has 0 saturated carbocycles. The molecule has 0 amide bonds. The van der Waals surface area contributed by atoms with E-state index in [1.54, 1.807) is 17.4 Å². The Hall–Kier alpha value is -5.69. The summed E-state index contributed by atoms with van der Waals surface area (Å²) < 4.78 is 13.7. The van der Waals surface area contributed by atoms with E-state index >= 15 is 0 Å². The lowest BCUT2D eigenvalue weighted by molar-refractivity contribution is 0.294. The first-order valence-corrected chi connectivity index (χ1v) is 27.0. The number of benzene rings is 4. The van der Waals surface area contributed by atoms with Gasteiger partial charge in [0.15, 0.2) is 0 Å². The summed E-state index contributed by atoms with van der Waals surface area (Å²) in [6.07, 6.45) is 10.1. The Labute approximate surface area is 450 Å². The van der Waals surface area contributed by atoms with Crippen molar-refractivity contribution in [3.8, 4) is 0 Å². The number of nitrogens with zero attached hydrogens (tertiary/aromatic N) is 3.